The van der Waals surface area contributed by atoms with E-state index in [4.69, 9.17) is 9.47 Å². The van der Waals surface area contributed by atoms with E-state index < -0.39 is 0 Å². The minimum Gasteiger partial charge on any atom is -0.383 e. The van der Waals surface area contributed by atoms with Crippen molar-refractivity contribution in [2.75, 3.05) is 33.5 Å². The van der Waals surface area contributed by atoms with Crippen LogP contribution in [-0.4, -0.2) is 42.6 Å². The maximum absolute atomic E-state index is 5.28. The van der Waals surface area contributed by atoms with Crippen LogP contribution in [0.4, 0.5) is 0 Å². The van der Waals surface area contributed by atoms with Gasteiger partial charge in [-0.3, -0.25) is 0 Å². The Hall–Kier alpha value is 0.610. The van der Waals surface area contributed by atoms with Crippen LogP contribution in [0.3, 0.4) is 0 Å². The zero-order chi connectivity index (χ0) is 7.40. The third-order valence-electron chi connectivity index (χ3n) is 1.51. The standard InChI is InChI=1S/C6H12INO2/c1-9-4-6-5-10-3-2-8(6)7/h6H,2-5H2,1H3. The molecule has 0 aromatic carbocycles. The molecule has 4 heteroatoms. The molecule has 0 amide bonds. The molecule has 1 fully saturated rings. The van der Waals surface area contributed by atoms with Crippen molar-refractivity contribution in [3.63, 3.8) is 0 Å². The van der Waals surface area contributed by atoms with Gasteiger partial charge in [-0.1, -0.05) is 0 Å². The summed E-state index contributed by atoms with van der Waals surface area (Å²) in [6.07, 6.45) is 0. The van der Waals surface area contributed by atoms with Crippen molar-refractivity contribution in [2.45, 2.75) is 6.04 Å². The molecule has 0 aromatic heterocycles. The highest BCUT2D eigenvalue weighted by atomic mass is 127. The topological polar surface area (TPSA) is 21.7 Å². The summed E-state index contributed by atoms with van der Waals surface area (Å²) in [6, 6.07) is 0.444. The maximum atomic E-state index is 5.28. The van der Waals surface area contributed by atoms with Crippen LogP contribution in [0.1, 0.15) is 0 Å². The second-order valence-electron chi connectivity index (χ2n) is 2.31. The van der Waals surface area contributed by atoms with Crippen molar-refractivity contribution in [1.29, 1.82) is 0 Å². The van der Waals surface area contributed by atoms with E-state index in [1.54, 1.807) is 7.11 Å². The highest BCUT2D eigenvalue weighted by Crippen LogP contribution is 2.11. The summed E-state index contributed by atoms with van der Waals surface area (Å²) >= 11 is 2.32. The summed E-state index contributed by atoms with van der Waals surface area (Å²) in [6.45, 7) is 3.43. The predicted octanol–water partition coefficient (Wildman–Crippen LogP) is 0.684. The first-order valence-corrected chi connectivity index (χ1v) is 4.30. The fraction of sp³-hybridized carbons (Fsp3) is 1.00. The number of morpholine rings is 1. The summed E-state index contributed by atoms with van der Waals surface area (Å²) in [4.78, 5) is 0. The van der Waals surface area contributed by atoms with Gasteiger partial charge in [-0.25, -0.2) is 3.11 Å². The number of nitrogens with zero attached hydrogens (tertiary/aromatic N) is 1. The predicted molar refractivity (Wildman–Crippen MR) is 47.2 cm³/mol. The van der Waals surface area contributed by atoms with Gasteiger partial charge < -0.3 is 9.47 Å². The number of halogens is 1. The summed E-state index contributed by atoms with van der Waals surface area (Å²) < 4.78 is 12.5. The van der Waals surface area contributed by atoms with Crippen LogP contribution < -0.4 is 0 Å². The Bertz CT molecular complexity index is 99.7. The van der Waals surface area contributed by atoms with Crippen molar-refractivity contribution >= 4 is 22.9 Å². The molecule has 0 N–H and O–H groups in total. The van der Waals surface area contributed by atoms with Gasteiger partial charge in [-0.15, -0.1) is 0 Å². The summed E-state index contributed by atoms with van der Waals surface area (Å²) in [7, 11) is 1.72. The smallest absolute Gasteiger partial charge is 0.0662 e. The van der Waals surface area contributed by atoms with Gasteiger partial charge in [0.2, 0.25) is 0 Å². The number of hydrogen-bond donors (Lipinski definition) is 0. The molecule has 3 nitrogen and oxygen atoms in total. The summed E-state index contributed by atoms with van der Waals surface area (Å²) in [5.41, 5.74) is 0. The van der Waals surface area contributed by atoms with Gasteiger partial charge in [-0.2, -0.15) is 0 Å². The summed E-state index contributed by atoms with van der Waals surface area (Å²) in [5, 5.41) is 0. The van der Waals surface area contributed by atoms with Gasteiger partial charge in [0.15, 0.2) is 0 Å². The average molecular weight is 257 g/mol. The molecule has 1 aliphatic heterocycles. The Morgan fingerprint density at radius 1 is 1.80 bits per heavy atom. The molecule has 1 atom stereocenters. The van der Waals surface area contributed by atoms with Crippen molar-refractivity contribution in [1.82, 2.24) is 3.11 Å². The van der Waals surface area contributed by atoms with Gasteiger partial charge in [0.1, 0.15) is 0 Å². The van der Waals surface area contributed by atoms with Crippen LogP contribution in [0.2, 0.25) is 0 Å². The van der Waals surface area contributed by atoms with Crippen LogP contribution in [0, 0.1) is 0 Å². The fourth-order valence-electron chi connectivity index (χ4n) is 0.956. The molecule has 1 saturated heterocycles. The molecule has 0 aliphatic carbocycles. The minimum absolute atomic E-state index is 0.444. The zero-order valence-electron chi connectivity index (χ0n) is 6.05. The maximum Gasteiger partial charge on any atom is 0.0662 e. The van der Waals surface area contributed by atoms with Crippen molar-refractivity contribution < 1.29 is 9.47 Å². The van der Waals surface area contributed by atoms with Crippen LogP contribution in [0.25, 0.3) is 0 Å². The van der Waals surface area contributed by atoms with E-state index in [1.165, 1.54) is 0 Å². The SMILES string of the molecule is COCC1COCCN1I. The van der Waals surface area contributed by atoms with E-state index in [0.717, 1.165) is 26.4 Å². The lowest BCUT2D eigenvalue weighted by Crippen LogP contribution is -2.41. The number of methoxy groups -OCH3 is 1. The van der Waals surface area contributed by atoms with Crippen molar-refractivity contribution in [3.05, 3.63) is 0 Å². The quantitative estimate of drug-likeness (QED) is 0.536. The molecule has 10 heavy (non-hydrogen) atoms. The van der Waals surface area contributed by atoms with Gasteiger partial charge >= 0.3 is 0 Å². The number of hydrogen-bond acceptors (Lipinski definition) is 3. The average Bonchev–Trinajstić information content (AvgIpc) is 1.94. The molecule has 0 bridgehead atoms. The van der Waals surface area contributed by atoms with Gasteiger partial charge in [-0.05, 0) is 0 Å². The van der Waals surface area contributed by atoms with Gasteiger partial charge in [0, 0.05) is 36.5 Å². The van der Waals surface area contributed by atoms with Crippen LogP contribution >= 0.6 is 22.9 Å². The Kier molecular flexibility index (Phi) is 3.90. The molecule has 60 valence electrons. The van der Waals surface area contributed by atoms with Crippen LogP contribution in [0.15, 0.2) is 0 Å². The monoisotopic (exact) mass is 257 g/mol. The van der Waals surface area contributed by atoms with Crippen molar-refractivity contribution in [3.8, 4) is 0 Å². The third-order valence-corrected chi connectivity index (χ3v) is 2.78. The number of rotatable bonds is 2. The highest BCUT2D eigenvalue weighted by molar-refractivity contribution is 14.1. The Morgan fingerprint density at radius 2 is 2.60 bits per heavy atom. The molecule has 1 unspecified atom stereocenters. The third kappa shape index (κ3) is 2.34. The number of ether oxygens (including phenoxy) is 2. The Balaban J connectivity index is 2.25. The second kappa shape index (κ2) is 4.48. The molecular formula is C6H12INO2. The fourth-order valence-corrected chi connectivity index (χ4v) is 1.47. The van der Waals surface area contributed by atoms with E-state index in [2.05, 4.69) is 26.0 Å². The van der Waals surface area contributed by atoms with E-state index in [9.17, 15) is 0 Å². The molecule has 0 saturated carbocycles. The van der Waals surface area contributed by atoms with Gasteiger partial charge in [0.25, 0.3) is 0 Å². The van der Waals surface area contributed by atoms with E-state index in [1.807, 2.05) is 0 Å². The van der Waals surface area contributed by atoms with Crippen LogP contribution in [0.5, 0.6) is 0 Å². The molecule has 1 heterocycles. The first kappa shape index (κ1) is 8.70. The molecule has 0 aromatic rings. The van der Waals surface area contributed by atoms with Gasteiger partial charge in [0.05, 0.1) is 25.9 Å². The van der Waals surface area contributed by atoms with E-state index in [0.29, 0.717) is 6.04 Å². The molecule has 1 aliphatic rings. The van der Waals surface area contributed by atoms with Crippen LogP contribution in [-0.2, 0) is 9.47 Å². The largest absolute Gasteiger partial charge is 0.383 e. The molecule has 1 rings (SSSR count). The van der Waals surface area contributed by atoms with E-state index >= 15 is 0 Å². The minimum atomic E-state index is 0.444. The first-order chi connectivity index (χ1) is 4.84. The second-order valence-corrected chi connectivity index (χ2v) is 3.55. The first-order valence-electron chi connectivity index (χ1n) is 3.33. The lowest BCUT2D eigenvalue weighted by Gasteiger charge is -2.29. The Morgan fingerprint density at radius 3 is 3.20 bits per heavy atom. The molecular weight excluding hydrogens is 245 g/mol. The normalized spacial score (nSPS) is 28.8. The molecule has 0 spiro atoms. The Labute approximate surface area is 75.2 Å². The lowest BCUT2D eigenvalue weighted by molar-refractivity contribution is 0.0128. The van der Waals surface area contributed by atoms with Crippen molar-refractivity contribution in [2.24, 2.45) is 0 Å². The summed E-state index contributed by atoms with van der Waals surface area (Å²) in [5.74, 6) is 0. The lowest BCUT2D eigenvalue weighted by atomic mass is 10.3. The highest BCUT2D eigenvalue weighted by Gasteiger charge is 2.19. The zero-order valence-corrected chi connectivity index (χ0v) is 8.20. The molecule has 0 radical (unpaired) electrons. The van der Waals surface area contributed by atoms with E-state index in [-0.39, 0.29) is 0 Å².